The molecule has 1 atom stereocenters. The van der Waals surface area contributed by atoms with Crippen LogP contribution in [0.5, 0.6) is 11.5 Å². The van der Waals surface area contributed by atoms with Crippen LogP contribution in [0.15, 0.2) is 103 Å². The van der Waals surface area contributed by atoms with E-state index in [1.165, 1.54) is 5.56 Å². The Bertz CT molecular complexity index is 1850. The predicted molar refractivity (Wildman–Crippen MR) is 169 cm³/mol. The van der Waals surface area contributed by atoms with Gasteiger partial charge in [-0.05, 0) is 47.9 Å². The molecule has 0 saturated heterocycles. The van der Waals surface area contributed by atoms with Crippen molar-refractivity contribution in [1.29, 1.82) is 0 Å². The molecule has 0 aliphatic heterocycles. The first-order valence-corrected chi connectivity index (χ1v) is 14.6. The third-order valence-electron chi connectivity index (χ3n) is 7.77. The summed E-state index contributed by atoms with van der Waals surface area (Å²) in [6.07, 6.45) is 5.58. The van der Waals surface area contributed by atoms with Gasteiger partial charge < -0.3 is 24.3 Å². The minimum atomic E-state index is -0.495. The molecular formula is C35H34N6O3. The topological polar surface area (TPSA) is 107 Å². The zero-order valence-corrected chi connectivity index (χ0v) is 24.7. The van der Waals surface area contributed by atoms with Crippen LogP contribution in [0.1, 0.15) is 44.9 Å². The summed E-state index contributed by atoms with van der Waals surface area (Å²) >= 11 is 0. The third-order valence-corrected chi connectivity index (χ3v) is 7.77. The summed E-state index contributed by atoms with van der Waals surface area (Å²) < 4.78 is 13.3. The first kappa shape index (κ1) is 28.7. The lowest BCUT2D eigenvalue weighted by atomic mass is 10.0. The molecule has 0 unspecified atom stereocenters. The highest BCUT2D eigenvalue weighted by Gasteiger charge is 2.26. The zero-order valence-electron chi connectivity index (χ0n) is 24.7. The van der Waals surface area contributed by atoms with Gasteiger partial charge in [-0.2, -0.15) is 0 Å². The lowest BCUT2D eigenvalue weighted by Gasteiger charge is -2.21. The predicted octanol–water partition coefficient (Wildman–Crippen LogP) is 5.72. The summed E-state index contributed by atoms with van der Waals surface area (Å²) in [5, 5.41) is 13.7. The van der Waals surface area contributed by atoms with Gasteiger partial charge in [0, 0.05) is 47.8 Å². The van der Waals surface area contributed by atoms with Crippen molar-refractivity contribution in [3.63, 3.8) is 0 Å². The Kier molecular flexibility index (Phi) is 8.63. The molecule has 3 aromatic carbocycles. The van der Waals surface area contributed by atoms with Crippen LogP contribution >= 0.6 is 0 Å². The van der Waals surface area contributed by atoms with Gasteiger partial charge in [0.2, 0.25) is 0 Å². The first-order valence-electron chi connectivity index (χ1n) is 14.6. The van der Waals surface area contributed by atoms with Gasteiger partial charge >= 0.3 is 0 Å². The number of nitrogens with one attached hydrogen (secondary N) is 2. The fourth-order valence-electron chi connectivity index (χ4n) is 5.47. The van der Waals surface area contributed by atoms with E-state index < -0.39 is 6.04 Å². The van der Waals surface area contributed by atoms with Crippen molar-refractivity contribution in [3.05, 3.63) is 137 Å². The molecule has 222 valence electrons. The number of aromatic nitrogens is 5. The van der Waals surface area contributed by atoms with Gasteiger partial charge in [0.1, 0.15) is 23.0 Å². The molecule has 0 spiro atoms. The number of aryl methyl sites for hydroxylation is 2. The van der Waals surface area contributed by atoms with Crippen LogP contribution in [-0.4, -0.2) is 44.9 Å². The largest absolute Gasteiger partial charge is 0.497 e. The van der Waals surface area contributed by atoms with Crippen LogP contribution < -0.4 is 14.8 Å². The lowest BCUT2D eigenvalue weighted by Crippen LogP contribution is -2.33. The Morgan fingerprint density at radius 2 is 1.70 bits per heavy atom. The molecule has 6 rings (SSSR count). The van der Waals surface area contributed by atoms with Crippen molar-refractivity contribution in [2.75, 3.05) is 14.2 Å². The second kappa shape index (κ2) is 13.2. The van der Waals surface area contributed by atoms with E-state index in [4.69, 9.17) is 14.6 Å². The van der Waals surface area contributed by atoms with Crippen molar-refractivity contribution in [2.24, 2.45) is 0 Å². The molecule has 3 aromatic heterocycles. The molecule has 2 N–H and O–H groups in total. The Labute approximate surface area is 255 Å². The Hall–Kier alpha value is -5.44. The number of pyridine rings is 1. The number of methoxy groups -OCH3 is 2. The number of nitrogens with zero attached hydrogens (tertiary/aromatic N) is 4. The molecule has 0 saturated carbocycles. The summed E-state index contributed by atoms with van der Waals surface area (Å²) in [7, 11) is 3.28. The van der Waals surface area contributed by atoms with E-state index in [-0.39, 0.29) is 5.91 Å². The minimum Gasteiger partial charge on any atom is -0.497 e. The van der Waals surface area contributed by atoms with E-state index in [0.717, 1.165) is 34.3 Å². The van der Waals surface area contributed by atoms with Gasteiger partial charge in [0.25, 0.3) is 5.91 Å². The molecule has 0 aliphatic carbocycles. The maximum atomic E-state index is 13.5. The molecule has 0 aliphatic rings. The first-order chi connectivity index (χ1) is 21.6. The Morgan fingerprint density at radius 3 is 2.50 bits per heavy atom. The molecule has 3 heterocycles. The smallest absolute Gasteiger partial charge is 0.270 e. The van der Waals surface area contributed by atoms with Crippen LogP contribution in [0.2, 0.25) is 0 Å². The molecule has 0 fully saturated rings. The number of para-hydroxylation sites is 1. The second-order valence-corrected chi connectivity index (χ2v) is 10.5. The molecule has 44 heavy (non-hydrogen) atoms. The summed E-state index contributed by atoms with van der Waals surface area (Å²) in [6, 6.07) is 29.0. The van der Waals surface area contributed by atoms with Crippen molar-refractivity contribution in [1.82, 2.24) is 30.0 Å². The van der Waals surface area contributed by atoms with Crippen LogP contribution in [0.3, 0.4) is 0 Å². The quantitative estimate of drug-likeness (QED) is 0.190. The molecule has 6 aromatic rings. The zero-order chi connectivity index (χ0) is 30.3. The second-order valence-electron chi connectivity index (χ2n) is 10.5. The average Bonchev–Trinajstić information content (AvgIpc) is 3.68. The molecule has 1 amide bonds. The number of carbonyl (C=O) groups is 1. The van der Waals surface area contributed by atoms with E-state index in [0.29, 0.717) is 42.4 Å². The number of hydrogen-bond donors (Lipinski definition) is 2. The summed E-state index contributed by atoms with van der Waals surface area (Å²) in [5.74, 6) is 2.60. The summed E-state index contributed by atoms with van der Waals surface area (Å²) in [5.41, 5.74) is 4.59. The average molecular weight is 587 g/mol. The fourth-order valence-corrected chi connectivity index (χ4v) is 5.47. The number of amides is 1. The van der Waals surface area contributed by atoms with Gasteiger partial charge in [0.15, 0.2) is 5.82 Å². The molecule has 0 radical (unpaired) electrons. The number of fused-ring (bicyclic) bond motifs is 1. The number of carbonyl (C=O) groups excluding carboxylic acids is 1. The minimum absolute atomic E-state index is 0.280. The number of benzene rings is 3. The van der Waals surface area contributed by atoms with Crippen molar-refractivity contribution < 1.29 is 14.3 Å². The molecule has 9 nitrogen and oxygen atoms in total. The number of ether oxygens (including phenoxy) is 2. The van der Waals surface area contributed by atoms with E-state index >= 15 is 0 Å². The molecular weight excluding hydrogens is 552 g/mol. The monoisotopic (exact) mass is 586 g/mol. The Morgan fingerprint density at radius 1 is 0.886 bits per heavy atom. The van der Waals surface area contributed by atoms with Gasteiger partial charge in [0.05, 0.1) is 26.8 Å². The summed E-state index contributed by atoms with van der Waals surface area (Å²) in [6.45, 7) is 0.448. The number of rotatable bonds is 12. The number of aromatic amines is 1. The van der Waals surface area contributed by atoms with Gasteiger partial charge in [-0.3, -0.25) is 9.78 Å². The summed E-state index contributed by atoms with van der Waals surface area (Å²) in [4.78, 5) is 21.1. The lowest BCUT2D eigenvalue weighted by molar-refractivity contribution is 0.0929. The van der Waals surface area contributed by atoms with E-state index in [1.807, 2.05) is 60.8 Å². The highest BCUT2D eigenvalue weighted by atomic mass is 16.5. The van der Waals surface area contributed by atoms with Crippen LogP contribution in [0.25, 0.3) is 10.9 Å². The van der Waals surface area contributed by atoms with Gasteiger partial charge in [-0.15, -0.1) is 10.2 Å². The van der Waals surface area contributed by atoms with E-state index in [1.54, 1.807) is 38.6 Å². The van der Waals surface area contributed by atoms with Crippen LogP contribution in [0.4, 0.5) is 0 Å². The molecule has 0 bridgehead atoms. The van der Waals surface area contributed by atoms with Crippen LogP contribution in [-0.2, 0) is 25.8 Å². The van der Waals surface area contributed by atoms with Gasteiger partial charge in [-0.1, -0.05) is 54.6 Å². The van der Waals surface area contributed by atoms with Gasteiger partial charge in [-0.25, -0.2) is 0 Å². The maximum absolute atomic E-state index is 13.5. The highest BCUT2D eigenvalue weighted by Crippen LogP contribution is 2.29. The molecule has 9 heteroatoms. The SMILES string of the molecule is COc1ccc(Cn2c(CCc3ccccc3)nnc2[C@@H](Cc2c[nH]c3ccccc23)NC(=O)c2ccccn2)c(OC)c1. The van der Waals surface area contributed by atoms with Crippen LogP contribution in [0, 0.1) is 0 Å². The third kappa shape index (κ3) is 6.32. The van der Waals surface area contributed by atoms with E-state index in [2.05, 4.69) is 43.1 Å². The van der Waals surface area contributed by atoms with Crippen molar-refractivity contribution >= 4 is 16.8 Å². The van der Waals surface area contributed by atoms with Crippen molar-refractivity contribution in [2.45, 2.75) is 31.8 Å². The van der Waals surface area contributed by atoms with Crippen molar-refractivity contribution in [3.8, 4) is 11.5 Å². The Balaban J connectivity index is 1.41. The standard InChI is InChI=1S/C35H34N6O3/c1-43-27-17-16-25(32(21-27)44-2)23-41-33(18-15-24-10-4-3-5-11-24)39-40-34(41)31(38-35(42)30-14-8-9-19-36-30)20-26-22-37-29-13-7-6-12-28(26)29/h3-14,16-17,19,21-22,31,37H,15,18,20,23H2,1-2H3,(H,38,42)/t31-/m1/s1. The fraction of sp³-hybridized carbons (Fsp3) is 0.200. The highest BCUT2D eigenvalue weighted by molar-refractivity contribution is 5.92. The maximum Gasteiger partial charge on any atom is 0.270 e. The number of H-pyrrole nitrogens is 1. The number of hydrogen-bond acceptors (Lipinski definition) is 6. The normalized spacial score (nSPS) is 11.8. The van der Waals surface area contributed by atoms with E-state index in [9.17, 15) is 4.79 Å².